The summed E-state index contributed by atoms with van der Waals surface area (Å²) in [5, 5.41) is 12.7. The third-order valence-corrected chi connectivity index (χ3v) is 3.23. The number of hydrogen-bond acceptors (Lipinski definition) is 3. The van der Waals surface area contributed by atoms with E-state index in [1.807, 2.05) is 0 Å². The highest BCUT2D eigenvalue weighted by Gasteiger charge is 2.54. The smallest absolute Gasteiger partial charge is 0.238 e. The lowest BCUT2D eigenvalue weighted by Crippen LogP contribution is -2.37. The summed E-state index contributed by atoms with van der Waals surface area (Å²) in [6.45, 7) is 0. The van der Waals surface area contributed by atoms with Crippen LogP contribution in [0.15, 0.2) is 5.16 Å². The molecule has 114 valence electrons. The van der Waals surface area contributed by atoms with Gasteiger partial charge in [0.1, 0.15) is 11.1 Å². The van der Waals surface area contributed by atoms with Gasteiger partial charge in [-0.3, -0.25) is 4.79 Å². The second-order valence-electron chi connectivity index (χ2n) is 4.47. The van der Waals surface area contributed by atoms with Gasteiger partial charge in [0.15, 0.2) is 29.1 Å². The first-order valence-corrected chi connectivity index (χ1v) is 5.57. The predicted molar refractivity (Wildman–Crippen MR) is 59.9 cm³/mol. The van der Waals surface area contributed by atoms with Gasteiger partial charge in [-0.25, -0.2) is 22.0 Å². The van der Waals surface area contributed by atoms with Crippen molar-refractivity contribution in [2.24, 2.45) is 16.3 Å². The zero-order valence-corrected chi connectivity index (χ0v) is 10.2. The third kappa shape index (κ3) is 2.16. The van der Waals surface area contributed by atoms with E-state index < -0.39 is 51.9 Å². The Labute approximate surface area is 114 Å². The average molecular weight is 309 g/mol. The highest BCUT2D eigenvalue weighted by atomic mass is 19.2. The monoisotopic (exact) mass is 309 g/mol. The van der Waals surface area contributed by atoms with Crippen LogP contribution in [0, 0.1) is 34.5 Å². The number of halogens is 5. The summed E-state index contributed by atoms with van der Waals surface area (Å²) >= 11 is 0. The molecule has 1 aromatic rings. The normalized spacial score (nSPS) is 16.7. The number of oxime groups is 1. The molecule has 0 heterocycles. The second-order valence-corrected chi connectivity index (χ2v) is 4.47. The number of carbonyl (C=O) groups excluding carboxylic acids is 1. The van der Waals surface area contributed by atoms with Crippen molar-refractivity contribution in [3.63, 3.8) is 0 Å². The Hall–Kier alpha value is -2.39. The van der Waals surface area contributed by atoms with E-state index in [1.165, 1.54) is 0 Å². The number of nitrogens with one attached hydrogen (secondary N) is 1. The fourth-order valence-corrected chi connectivity index (χ4v) is 1.77. The van der Waals surface area contributed by atoms with Crippen LogP contribution in [0.2, 0.25) is 0 Å². The van der Waals surface area contributed by atoms with Gasteiger partial charge in [-0.05, 0) is 12.8 Å². The molecule has 0 saturated heterocycles. The number of nitrogens with zero attached hydrogens (tertiary/aromatic N) is 1. The Morgan fingerprint density at radius 2 is 1.48 bits per heavy atom. The largest absolute Gasteiger partial charge is 0.409 e. The van der Waals surface area contributed by atoms with E-state index in [4.69, 9.17) is 10.9 Å². The molecule has 1 aliphatic rings. The van der Waals surface area contributed by atoms with Gasteiger partial charge in [-0.1, -0.05) is 5.16 Å². The van der Waals surface area contributed by atoms with Crippen molar-refractivity contribution in [2.75, 3.05) is 5.32 Å². The van der Waals surface area contributed by atoms with E-state index in [0.29, 0.717) is 0 Å². The molecule has 10 heteroatoms. The van der Waals surface area contributed by atoms with E-state index in [-0.39, 0.29) is 12.8 Å². The average Bonchev–Trinajstić information content (AvgIpc) is 3.28. The van der Waals surface area contributed by atoms with Crippen LogP contribution in [0.4, 0.5) is 27.6 Å². The van der Waals surface area contributed by atoms with E-state index in [1.54, 1.807) is 5.32 Å². The number of benzene rings is 1. The maximum atomic E-state index is 13.4. The van der Waals surface area contributed by atoms with Crippen LogP contribution < -0.4 is 11.1 Å². The summed E-state index contributed by atoms with van der Waals surface area (Å²) in [5.41, 5.74) is 2.29. The van der Waals surface area contributed by atoms with E-state index in [0.717, 1.165) is 0 Å². The number of anilines is 1. The third-order valence-electron chi connectivity index (χ3n) is 3.23. The molecule has 0 aliphatic heterocycles. The Bertz CT molecular complexity index is 629. The van der Waals surface area contributed by atoms with Crippen LogP contribution in [-0.2, 0) is 4.79 Å². The molecule has 1 aliphatic carbocycles. The maximum absolute atomic E-state index is 13.4. The molecule has 0 bridgehead atoms. The Morgan fingerprint density at radius 3 is 1.86 bits per heavy atom. The molecule has 2 rings (SSSR count). The minimum atomic E-state index is -2.33. The zero-order chi connectivity index (χ0) is 15.9. The molecule has 4 N–H and O–H groups in total. The van der Waals surface area contributed by atoms with Crippen molar-refractivity contribution in [3.05, 3.63) is 29.1 Å². The molecule has 0 radical (unpaired) electrons. The van der Waals surface area contributed by atoms with E-state index in [2.05, 4.69) is 5.16 Å². The summed E-state index contributed by atoms with van der Waals surface area (Å²) in [7, 11) is 0. The van der Waals surface area contributed by atoms with Crippen molar-refractivity contribution < 1.29 is 32.0 Å². The Balaban J connectivity index is 2.40. The van der Waals surface area contributed by atoms with Crippen molar-refractivity contribution in [1.29, 1.82) is 0 Å². The fourth-order valence-electron chi connectivity index (χ4n) is 1.77. The standard InChI is InChI=1S/C11H8F5N3O2/c12-3-4(13)6(15)8(7(16)5(3)14)18-10(20)11(1-2-11)9(17)19-21/h21H,1-2H2,(H2,17,19)(H,18,20). The number of nitrogens with two attached hydrogens (primary N) is 1. The van der Waals surface area contributed by atoms with Crippen LogP contribution >= 0.6 is 0 Å². The number of rotatable bonds is 3. The van der Waals surface area contributed by atoms with Gasteiger partial charge in [0.05, 0.1) is 0 Å². The minimum Gasteiger partial charge on any atom is -0.409 e. The molecule has 21 heavy (non-hydrogen) atoms. The number of amides is 1. The molecule has 0 spiro atoms. The quantitative estimate of drug-likeness (QED) is 0.151. The lowest BCUT2D eigenvalue weighted by Gasteiger charge is -2.15. The van der Waals surface area contributed by atoms with Gasteiger partial charge in [0.2, 0.25) is 11.7 Å². The minimum absolute atomic E-state index is 0.115. The lowest BCUT2D eigenvalue weighted by molar-refractivity contribution is -0.119. The van der Waals surface area contributed by atoms with E-state index in [9.17, 15) is 26.7 Å². The summed E-state index contributed by atoms with van der Waals surface area (Å²) in [5.74, 6) is -12.7. The fraction of sp³-hybridized carbons (Fsp3) is 0.273. The van der Waals surface area contributed by atoms with Crippen LogP contribution in [0.3, 0.4) is 0 Å². The van der Waals surface area contributed by atoms with Crippen molar-refractivity contribution in [2.45, 2.75) is 12.8 Å². The summed E-state index contributed by atoms with van der Waals surface area (Å²) in [4.78, 5) is 11.9. The van der Waals surface area contributed by atoms with Crippen molar-refractivity contribution >= 4 is 17.4 Å². The number of amidine groups is 1. The second kappa shape index (κ2) is 4.86. The van der Waals surface area contributed by atoms with Gasteiger partial charge in [-0.2, -0.15) is 0 Å². The topological polar surface area (TPSA) is 87.7 Å². The SMILES string of the molecule is NC(=NO)C1(C(=O)Nc2c(F)c(F)c(F)c(F)c2F)CC1. The molecule has 1 aromatic carbocycles. The highest BCUT2D eigenvalue weighted by molar-refractivity contribution is 6.14. The molecule has 1 fully saturated rings. The Kier molecular flexibility index (Phi) is 3.47. The van der Waals surface area contributed by atoms with Gasteiger partial charge in [-0.15, -0.1) is 0 Å². The highest BCUT2D eigenvalue weighted by Crippen LogP contribution is 2.47. The van der Waals surface area contributed by atoms with Crippen LogP contribution in [-0.4, -0.2) is 17.0 Å². The van der Waals surface area contributed by atoms with Crippen LogP contribution in [0.25, 0.3) is 0 Å². The van der Waals surface area contributed by atoms with Gasteiger partial charge >= 0.3 is 0 Å². The molecule has 1 amide bonds. The van der Waals surface area contributed by atoms with Crippen molar-refractivity contribution in [3.8, 4) is 0 Å². The molecule has 0 unspecified atom stereocenters. The maximum Gasteiger partial charge on any atom is 0.238 e. The summed E-state index contributed by atoms with van der Waals surface area (Å²) in [6.07, 6.45) is 0.230. The van der Waals surface area contributed by atoms with Gasteiger partial charge < -0.3 is 16.3 Å². The van der Waals surface area contributed by atoms with Gasteiger partial charge in [0.25, 0.3) is 0 Å². The first kappa shape index (κ1) is 15.0. The summed E-state index contributed by atoms with van der Waals surface area (Å²) < 4.78 is 65.6. The first-order chi connectivity index (χ1) is 9.76. The van der Waals surface area contributed by atoms with Crippen LogP contribution in [0.5, 0.6) is 0 Å². The van der Waals surface area contributed by atoms with E-state index >= 15 is 0 Å². The van der Waals surface area contributed by atoms with Crippen molar-refractivity contribution in [1.82, 2.24) is 0 Å². The number of hydrogen-bond donors (Lipinski definition) is 3. The van der Waals surface area contributed by atoms with Gasteiger partial charge in [0, 0.05) is 0 Å². The molecule has 1 saturated carbocycles. The first-order valence-electron chi connectivity index (χ1n) is 5.57. The summed E-state index contributed by atoms with van der Waals surface area (Å²) in [6, 6.07) is 0. The molecule has 0 aromatic heterocycles. The molecule has 5 nitrogen and oxygen atoms in total. The van der Waals surface area contributed by atoms with Crippen LogP contribution in [0.1, 0.15) is 12.8 Å². The lowest BCUT2D eigenvalue weighted by atomic mass is 10.0. The molecular weight excluding hydrogens is 301 g/mol. The predicted octanol–water partition coefficient (Wildman–Crippen LogP) is 1.85. The molecular formula is C11H8F5N3O2. The number of carbonyl (C=O) groups is 1. The molecule has 0 atom stereocenters. The Morgan fingerprint density at radius 1 is 1.05 bits per heavy atom. The zero-order valence-electron chi connectivity index (χ0n) is 10.2.